The summed E-state index contributed by atoms with van der Waals surface area (Å²) in [5, 5.41) is 7.32. The van der Waals surface area contributed by atoms with Gasteiger partial charge in [-0.15, -0.1) is 0 Å². The van der Waals surface area contributed by atoms with E-state index in [4.69, 9.17) is 35.7 Å². The quantitative estimate of drug-likeness (QED) is 0.413. The second-order valence-electron chi connectivity index (χ2n) is 6.81. The summed E-state index contributed by atoms with van der Waals surface area (Å²) in [7, 11) is 3.11. The highest BCUT2D eigenvalue weighted by atomic mass is 35.5. The van der Waals surface area contributed by atoms with Crippen molar-refractivity contribution in [3.63, 3.8) is 0 Å². The Morgan fingerprint density at radius 3 is 2.66 bits per heavy atom. The van der Waals surface area contributed by atoms with Crippen LogP contribution in [0.1, 0.15) is 15.9 Å². The molecule has 2 aromatic heterocycles. The van der Waals surface area contributed by atoms with Crippen LogP contribution >= 0.6 is 11.6 Å². The lowest BCUT2D eigenvalue weighted by Crippen LogP contribution is -2.24. The van der Waals surface area contributed by atoms with Gasteiger partial charge in [0, 0.05) is 28.8 Å². The first-order valence-corrected chi connectivity index (χ1v) is 9.98. The van der Waals surface area contributed by atoms with E-state index < -0.39 is 5.91 Å². The number of aromatic nitrogens is 1. The molecular weight excluding hydrogens is 434 g/mol. The van der Waals surface area contributed by atoms with E-state index >= 15 is 0 Å². The Morgan fingerprint density at radius 2 is 1.91 bits per heavy atom. The normalized spacial score (nSPS) is 10.7. The van der Waals surface area contributed by atoms with Crippen LogP contribution in [0, 0.1) is 0 Å². The molecule has 0 saturated carbocycles. The van der Waals surface area contributed by atoms with Crippen molar-refractivity contribution in [1.82, 2.24) is 10.5 Å². The summed E-state index contributed by atoms with van der Waals surface area (Å²) in [5.41, 5.74) is 7.73. The molecule has 0 spiro atoms. The van der Waals surface area contributed by atoms with Crippen LogP contribution < -0.4 is 20.5 Å². The molecule has 0 bridgehead atoms. The third-order valence-corrected chi connectivity index (χ3v) is 5.06. The molecule has 32 heavy (non-hydrogen) atoms. The molecule has 0 saturated heterocycles. The number of nitrogens with zero attached hydrogens (tertiary/aromatic N) is 1. The molecule has 0 fully saturated rings. The van der Waals surface area contributed by atoms with Gasteiger partial charge < -0.3 is 29.5 Å². The average Bonchev–Trinajstić information content (AvgIpc) is 3.44. The molecule has 8 nitrogen and oxygen atoms in total. The first kappa shape index (κ1) is 21.3. The Bertz CT molecular complexity index is 1260. The number of hydrogen-bond donors (Lipinski definition) is 2. The van der Waals surface area contributed by atoms with Crippen LogP contribution in [0.2, 0.25) is 5.02 Å². The van der Waals surface area contributed by atoms with Crippen molar-refractivity contribution in [2.75, 3.05) is 20.0 Å². The van der Waals surface area contributed by atoms with Crippen LogP contribution in [0.3, 0.4) is 0 Å². The van der Waals surface area contributed by atoms with Gasteiger partial charge in [0.2, 0.25) is 5.88 Å². The second kappa shape index (κ2) is 9.07. The molecule has 2 heterocycles. The van der Waals surface area contributed by atoms with E-state index in [2.05, 4.69) is 10.5 Å². The number of ether oxygens (including phenoxy) is 2. The minimum Gasteiger partial charge on any atom is -0.497 e. The number of anilines is 1. The summed E-state index contributed by atoms with van der Waals surface area (Å²) in [6, 6.07) is 16.0. The third kappa shape index (κ3) is 4.26. The number of nitrogen functional groups attached to an aromatic ring is 1. The smallest absolute Gasteiger partial charge is 0.259 e. The van der Waals surface area contributed by atoms with E-state index in [0.717, 1.165) is 11.1 Å². The summed E-state index contributed by atoms with van der Waals surface area (Å²) in [4.78, 5) is 12.9. The van der Waals surface area contributed by atoms with Crippen LogP contribution in [0.5, 0.6) is 11.5 Å². The van der Waals surface area contributed by atoms with Gasteiger partial charge in [-0.2, -0.15) is 0 Å². The average molecular weight is 454 g/mol. The van der Waals surface area contributed by atoms with Crippen molar-refractivity contribution in [3.05, 3.63) is 70.7 Å². The van der Waals surface area contributed by atoms with Gasteiger partial charge in [-0.25, -0.2) is 0 Å². The number of nitrogens with two attached hydrogens (primary N) is 1. The Labute approximate surface area is 188 Å². The van der Waals surface area contributed by atoms with Crippen LogP contribution in [0.25, 0.3) is 22.8 Å². The van der Waals surface area contributed by atoms with E-state index in [1.165, 1.54) is 0 Å². The summed E-state index contributed by atoms with van der Waals surface area (Å²) in [6.45, 7) is 0.196. The number of carbonyl (C=O) groups is 1. The summed E-state index contributed by atoms with van der Waals surface area (Å²) >= 11 is 6.06. The van der Waals surface area contributed by atoms with E-state index in [9.17, 15) is 4.79 Å². The van der Waals surface area contributed by atoms with Gasteiger partial charge >= 0.3 is 0 Å². The fourth-order valence-electron chi connectivity index (χ4n) is 3.21. The number of benzene rings is 2. The lowest BCUT2D eigenvalue weighted by Gasteiger charge is -2.11. The predicted octanol–water partition coefficient (Wildman–Crippen LogP) is 4.78. The van der Waals surface area contributed by atoms with E-state index in [-0.39, 0.29) is 23.7 Å². The third-order valence-electron chi connectivity index (χ3n) is 4.83. The predicted molar refractivity (Wildman–Crippen MR) is 120 cm³/mol. The minimum absolute atomic E-state index is 0.0875. The molecule has 3 N–H and O–H groups in total. The molecule has 0 aliphatic heterocycles. The van der Waals surface area contributed by atoms with E-state index in [1.54, 1.807) is 56.7 Å². The molecule has 4 rings (SSSR count). The molecule has 4 aromatic rings. The Hall–Kier alpha value is -3.91. The molecule has 164 valence electrons. The zero-order valence-electron chi connectivity index (χ0n) is 17.3. The maximum atomic E-state index is 12.9. The Kier molecular flexibility index (Phi) is 6.04. The zero-order valence-corrected chi connectivity index (χ0v) is 18.1. The second-order valence-corrected chi connectivity index (χ2v) is 7.24. The summed E-state index contributed by atoms with van der Waals surface area (Å²) < 4.78 is 21.5. The number of rotatable bonds is 7. The molecule has 0 atom stereocenters. The van der Waals surface area contributed by atoms with Crippen molar-refractivity contribution in [2.45, 2.75) is 6.54 Å². The summed E-state index contributed by atoms with van der Waals surface area (Å²) in [6.07, 6.45) is 0. The number of hydrogen-bond acceptors (Lipinski definition) is 7. The lowest BCUT2D eigenvalue weighted by atomic mass is 10.1. The van der Waals surface area contributed by atoms with E-state index in [0.29, 0.717) is 28.0 Å². The standard InChI is InChI=1S/C23H20ClN3O5/c1-29-16-7-6-14(19(11-16)30-2)12-26-23(28)20-21(27-32-22(20)25)18-9-8-17(31-18)13-4-3-5-15(24)10-13/h3-11H,12,25H2,1-2H3,(H,26,28). The van der Waals surface area contributed by atoms with Crippen molar-refractivity contribution in [3.8, 4) is 34.3 Å². The molecule has 0 radical (unpaired) electrons. The van der Waals surface area contributed by atoms with Gasteiger partial charge in [0.25, 0.3) is 5.91 Å². The number of nitrogens with one attached hydrogen (secondary N) is 1. The number of furan rings is 1. The topological polar surface area (TPSA) is 113 Å². The highest BCUT2D eigenvalue weighted by Gasteiger charge is 2.25. The molecule has 9 heteroatoms. The van der Waals surface area contributed by atoms with Crippen molar-refractivity contribution >= 4 is 23.4 Å². The van der Waals surface area contributed by atoms with Crippen molar-refractivity contribution in [1.29, 1.82) is 0 Å². The fraction of sp³-hybridized carbons (Fsp3) is 0.130. The van der Waals surface area contributed by atoms with Crippen molar-refractivity contribution < 1.29 is 23.2 Å². The van der Waals surface area contributed by atoms with Gasteiger partial charge in [-0.05, 0) is 36.4 Å². The van der Waals surface area contributed by atoms with E-state index in [1.807, 2.05) is 12.1 Å². The highest BCUT2D eigenvalue weighted by molar-refractivity contribution is 6.30. The number of halogens is 1. The Balaban J connectivity index is 1.56. The van der Waals surface area contributed by atoms with Crippen LogP contribution in [-0.4, -0.2) is 25.3 Å². The highest BCUT2D eigenvalue weighted by Crippen LogP contribution is 2.33. The molecule has 2 aromatic carbocycles. The van der Waals surface area contributed by atoms with Gasteiger partial charge in [0.05, 0.1) is 14.2 Å². The van der Waals surface area contributed by atoms with Gasteiger partial charge in [-0.1, -0.05) is 28.9 Å². The molecule has 0 unspecified atom stereocenters. The molecular formula is C23H20ClN3O5. The maximum Gasteiger partial charge on any atom is 0.259 e. The zero-order chi connectivity index (χ0) is 22.7. The monoisotopic (exact) mass is 453 g/mol. The van der Waals surface area contributed by atoms with Gasteiger partial charge in [0.1, 0.15) is 22.8 Å². The van der Waals surface area contributed by atoms with Crippen LogP contribution in [0.4, 0.5) is 5.88 Å². The van der Waals surface area contributed by atoms with Crippen LogP contribution in [0.15, 0.2) is 63.5 Å². The maximum absolute atomic E-state index is 12.9. The van der Waals surface area contributed by atoms with Crippen LogP contribution in [-0.2, 0) is 6.54 Å². The molecule has 0 aliphatic carbocycles. The molecule has 0 aliphatic rings. The van der Waals surface area contributed by atoms with Crippen molar-refractivity contribution in [2.24, 2.45) is 0 Å². The number of amides is 1. The largest absolute Gasteiger partial charge is 0.497 e. The number of methoxy groups -OCH3 is 2. The number of carbonyl (C=O) groups excluding carboxylic acids is 1. The lowest BCUT2D eigenvalue weighted by molar-refractivity contribution is 0.0951. The SMILES string of the molecule is COc1ccc(CNC(=O)c2c(-c3ccc(-c4cccc(Cl)c4)o3)noc2N)c(OC)c1. The first-order valence-electron chi connectivity index (χ1n) is 9.60. The minimum atomic E-state index is -0.461. The molecule has 1 amide bonds. The first-order chi connectivity index (χ1) is 15.5. The van der Waals surface area contributed by atoms with Gasteiger partial charge in [0.15, 0.2) is 11.5 Å². The fourth-order valence-corrected chi connectivity index (χ4v) is 3.40. The summed E-state index contributed by atoms with van der Waals surface area (Å²) in [5.74, 6) is 1.57. The Morgan fingerprint density at radius 1 is 1.09 bits per heavy atom. The van der Waals surface area contributed by atoms with Gasteiger partial charge in [-0.3, -0.25) is 4.79 Å².